The highest BCUT2D eigenvalue weighted by atomic mass is 16.4. The first-order valence-electron chi connectivity index (χ1n) is 10.2. The van der Waals surface area contributed by atoms with E-state index in [0.717, 1.165) is 47.8 Å². The van der Waals surface area contributed by atoms with Crippen molar-refractivity contribution in [1.29, 1.82) is 0 Å². The number of phenols is 2. The van der Waals surface area contributed by atoms with Crippen LogP contribution in [0.4, 0.5) is 11.4 Å². The average Bonchev–Trinajstić information content (AvgIpc) is 2.84. The van der Waals surface area contributed by atoms with Crippen molar-refractivity contribution in [2.75, 3.05) is 0 Å². The molecule has 4 aromatic carbocycles. The highest BCUT2D eigenvalue weighted by Gasteiger charge is 2.03. The van der Waals surface area contributed by atoms with Gasteiger partial charge in [0.2, 0.25) is 0 Å². The van der Waals surface area contributed by atoms with Crippen LogP contribution in [-0.2, 0) is 0 Å². The van der Waals surface area contributed by atoms with E-state index in [2.05, 4.69) is 11.5 Å². The Morgan fingerprint density at radius 2 is 0.861 bits per heavy atom. The third-order valence-corrected chi connectivity index (χ3v) is 4.10. The van der Waals surface area contributed by atoms with Crippen LogP contribution in [-0.4, -0.2) is 32.4 Å². The molecule has 4 aromatic rings. The maximum atomic E-state index is 10.6. The number of hydrogen-bond donors (Lipinski definition) is 6. The number of aromatic hydroxyl groups is 2. The van der Waals surface area contributed by atoms with Crippen molar-refractivity contribution in [3.63, 3.8) is 0 Å². The van der Waals surface area contributed by atoms with E-state index in [0.29, 0.717) is 0 Å². The molecule has 0 spiro atoms. The van der Waals surface area contributed by atoms with Crippen LogP contribution in [0.5, 0.6) is 23.0 Å². The second kappa shape index (κ2) is 15.0. The fourth-order valence-electron chi connectivity index (χ4n) is 2.26. The zero-order valence-electron chi connectivity index (χ0n) is 19.1. The molecule has 36 heavy (non-hydrogen) atoms. The van der Waals surface area contributed by atoms with Gasteiger partial charge in [0, 0.05) is 0 Å². The SMILES string of the molecule is O=C(O)c1ccc([O-])c(O)c1.O=C(O)c1ccc([O-])c(O)c1.[NH3+]c1ccccc1.[NH3+]c1ccccc1. The lowest BCUT2D eigenvalue weighted by molar-refractivity contribution is -0.270. The van der Waals surface area contributed by atoms with Gasteiger partial charge in [-0.15, -0.1) is 0 Å². The smallest absolute Gasteiger partial charge is 0.335 e. The number of carboxylic acids is 2. The molecule has 10 nitrogen and oxygen atoms in total. The minimum absolute atomic E-state index is 0.0953. The van der Waals surface area contributed by atoms with Crippen molar-refractivity contribution < 1.29 is 51.7 Å². The van der Waals surface area contributed by atoms with Gasteiger partial charge in [0.1, 0.15) is 22.9 Å². The van der Waals surface area contributed by atoms with Crippen LogP contribution in [0.3, 0.4) is 0 Å². The first-order chi connectivity index (χ1) is 17.0. The van der Waals surface area contributed by atoms with E-state index in [1.807, 2.05) is 60.7 Å². The van der Waals surface area contributed by atoms with Gasteiger partial charge < -0.3 is 42.1 Å². The molecule has 0 bridgehead atoms. The minimum Gasteiger partial charge on any atom is -0.870 e. The Morgan fingerprint density at radius 1 is 0.556 bits per heavy atom. The highest BCUT2D eigenvalue weighted by molar-refractivity contribution is 5.88. The Morgan fingerprint density at radius 3 is 1.06 bits per heavy atom. The Hall–Kier alpha value is -5.06. The molecule has 0 aliphatic rings. The molecular weight excluding hydrogens is 468 g/mol. The second-order valence-electron chi connectivity index (χ2n) is 6.95. The number of carboxylic acid groups (broad SMARTS) is 2. The molecule has 0 atom stereocenters. The predicted molar refractivity (Wildman–Crippen MR) is 127 cm³/mol. The molecule has 10 heteroatoms. The molecular formula is C26H26N2O8. The fraction of sp³-hybridized carbons (Fsp3) is 0. The summed E-state index contributed by atoms with van der Waals surface area (Å²) in [5.41, 5.74) is 9.39. The first kappa shape index (κ1) is 29.0. The number of rotatable bonds is 2. The summed E-state index contributed by atoms with van der Waals surface area (Å²) in [7, 11) is 0. The van der Waals surface area contributed by atoms with E-state index in [9.17, 15) is 19.8 Å². The van der Waals surface area contributed by atoms with Gasteiger partial charge in [-0.05, 0) is 48.5 Å². The average molecular weight is 495 g/mol. The summed E-state index contributed by atoms with van der Waals surface area (Å²) in [4.78, 5) is 20.5. The number of hydrogen-bond acceptors (Lipinski definition) is 6. The number of benzene rings is 4. The van der Waals surface area contributed by atoms with E-state index in [1.54, 1.807) is 0 Å². The van der Waals surface area contributed by atoms with Crippen LogP contribution < -0.4 is 21.7 Å². The third kappa shape index (κ3) is 11.2. The Labute approximate surface area is 206 Å². The standard InChI is InChI=1S/2C7H6O4.2C6H7N/c2*8-5-2-1-4(7(10)11)3-6(5)9;2*7-6-4-2-1-3-5-6/h2*1-3,8-9H,(H,10,11);2*1-5H,7H2. The van der Waals surface area contributed by atoms with E-state index < -0.39 is 34.9 Å². The third-order valence-electron chi connectivity index (χ3n) is 4.10. The largest absolute Gasteiger partial charge is 0.870 e. The first-order valence-corrected chi connectivity index (χ1v) is 10.2. The quantitative estimate of drug-likeness (QED) is 0.239. The summed E-state index contributed by atoms with van der Waals surface area (Å²) >= 11 is 0. The predicted octanol–water partition coefficient (Wildman–Crippen LogP) is 1.45. The van der Waals surface area contributed by atoms with Gasteiger partial charge in [0.15, 0.2) is 0 Å². The molecule has 0 radical (unpaired) electrons. The van der Waals surface area contributed by atoms with Crippen molar-refractivity contribution in [2.45, 2.75) is 0 Å². The lowest BCUT2D eigenvalue weighted by Crippen LogP contribution is -2.39. The molecule has 0 unspecified atom stereocenters. The van der Waals surface area contributed by atoms with Crippen LogP contribution in [0, 0.1) is 0 Å². The van der Waals surface area contributed by atoms with E-state index >= 15 is 0 Å². The van der Waals surface area contributed by atoms with Gasteiger partial charge in [0.05, 0.1) is 11.1 Å². The van der Waals surface area contributed by atoms with Crippen molar-refractivity contribution in [1.82, 2.24) is 0 Å². The van der Waals surface area contributed by atoms with Crippen LogP contribution in [0.1, 0.15) is 20.7 Å². The summed E-state index contributed by atoms with van der Waals surface area (Å²) in [5.74, 6) is -4.56. The van der Waals surface area contributed by atoms with Gasteiger partial charge in [0.25, 0.3) is 0 Å². The second-order valence-corrected chi connectivity index (χ2v) is 6.95. The monoisotopic (exact) mass is 494 g/mol. The molecule has 10 N–H and O–H groups in total. The summed E-state index contributed by atoms with van der Waals surface area (Å²) in [6.45, 7) is 0. The van der Waals surface area contributed by atoms with E-state index in [4.69, 9.17) is 20.4 Å². The van der Waals surface area contributed by atoms with E-state index in [-0.39, 0.29) is 11.1 Å². The van der Waals surface area contributed by atoms with Gasteiger partial charge in [-0.1, -0.05) is 60.0 Å². The summed E-state index contributed by atoms with van der Waals surface area (Å²) in [6, 6.07) is 25.9. The minimum atomic E-state index is -1.17. The zero-order chi connectivity index (χ0) is 27.1. The maximum absolute atomic E-state index is 10.6. The molecule has 0 fully saturated rings. The van der Waals surface area contributed by atoms with Crippen molar-refractivity contribution in [3.8, 4) is 23.0 Å². The zero-order valence-corrected chi connectivity index (χ0v) is 19.1. The van der Waals surface area contributed by atoms with Crippen molar-refractivity contribution in [2.24, 2.45) is 0 Å². The molecule has 4 rings (SSSR count). The number of aromatic carboxylic acids is 2. The molecule has 0 amide bonds. The number of carbonyl (C=O) groups is 2. The normalized spacial score (nSPS) is 9.17. The summed E-state index contributed by atoms with van der Waals surface area (Å²) < 4.78 is 0. The molecule has 0 saturated carbocycles. The number of quaternary nitrogens is 2. The van der Waals surface area contributed by atoms with Crippen molar-refractivity contribution in [3.05, 3.63) is 108 Å². The summed E-state index contributed by atoms with van der Waals surface area (Å²) in [5, 5.41) is 55.4. The van der Waals surface area contributed by atoms with Crippen LogP contribution >= 0.6 is 0 Å². The lowest BCUT2D eigenvalue weighted by Gasteiger charge is -2.07. The molecule has 188 valence electrons. The Balaban J connectivity index is 0.000000245. The Bertz CT molecular complexity index is 1150. The Kier molecular flexibility index (Phi) is 12.0. The molecule has 0 aromatic heterocycles. The lowest BCUT2D eigenvalue weighted by atomic mass is 10.2. The van der Waals surface area contributed by atoms with Crippen LogP contribution in [0.15, 0.2) is 97.1 Å². The number of phenolic OH excluding ortho intramolecular Hbond substituents is 2. The molecule has 0 aliphatic carbocycles. The molecule has 0 aliphatic heterocycles. The highest BCUT2D eigenvalue weighted by Crippen LogP contribution is 2.22. The van der Waals surface area contributed by atoms with Gasteiger partial charge in [-0.25, -0.2) is 9.59 Å². The van der Waals surface area contributed by atoms with Gasteiger partial charge >= 0.3 is 11.9 Å². The van der Waals surface area contributed by atoms with Crippen LogP contribution in [0.2, 0.25) is 0 Å². The van der Waals surface area contributed by atoms with Gasteiger partial charge in [-0.2, -0.15) is 0 Å². The topological polar surface area (TPSA) is 216 Å². The summed E-state index contributed by atoms with van der Waals surface area (Å²) in [6.07, 6.45) is 0. The fourth-order valence-corrected chi connectivity index (χ4v) is 2.26. The maximum Gasteiger partial charge on any atom is 0.335 e. The van der Waals surface area contributed by atoms with Crippen LogP contribution in [0.25, 0.3) is 0 Å². The van der Waals surface area contributed by atoms with Gasteiger partial charge in [-0.3, -0.25) is 0 Å². The van der Waals surface area contributed by atoms with Crippen molar-refractivity contribution >= 4 is 23.3 Å². The molecule has 0 heterocycles. The molecule has 0 saturated heterocycles. The van der Waals surface area contributed by atoms with E-state index in [1.165, 1.54) is 0 Å².